The highest BCUT2D eigenvalue weighted by Gasteiger charge is 2.20. The van der Waals surface area contributed by atoms with E-state index < -0.39 is 0 Å². The summed E-state index contributed by atoms with van der Waals surface area (Å²) in [7, 11) is 0. The summed E-state index contributed by atoms with van der Waals surface area (Å²) >= 11 is 6.88. The molecule has 0 atom stereocenters. The summed E-state index contributed by atoms with van der Waals surface area (Å²) in [4.78, 5) is 14.7. The fourth-order valence-electron chi connectivity index (χ4n) is 6.28. The summed E-state index contributed by atoms with van der Waals surface area (Å²) in [6.45, 7) is 0. The van der Waals surface area contributed by atoms with Crippen LogP contribution in [0.3, 0.4) is 0 Å². The van der Waals surface area contributed by atoms with Gasteiger partial charge in [0, 0.05) is 43.6 Å². The Labute approximate surface area is 263 Å². The Kier molecular flexibility index (Phi) is 5.80. The number of fused-ring (bicyclic) bond motifs is 7. The van der Waals surface area contributed by atoms with Gasteiger partial charge in [-0.1, -0.05) is 109 Å². The van der Waals surface area contributed by atoms with E-state index in [1.165, 1.54) is 0 Å². The average Bonchev–Trinajstić information content (AvgIpc) is 3.64. The lowest BCUT2D eigenvalue weighted by Crippen LogP contribution is -2.01. The standard InChI is InChI=1S/C39H23ClN4O/c40-27-21-26(39-42-37(24-11-3-1-4-12-24)41-38(43-39)25-13-5-2-6-14-25)22-28(23-27)44-32-17-9-7-16-31(32)35-33(44)20-19-30-29-15-8-10-18-34(29)45-36(30)35/h1-23H. The van der Waals surface area contributed by atoms with E-state index in [2.05, 4.69) is 53.1 Å². The summed E-state index contributed by atoms with van der Waals surface area (Å²) in [6, 6.07) is 46.8. The van der Waals surface area contributed by atoms with Gasteiger partial charge in [-0.2, -0.15) is 0 Å². The molecule has 0 saturated heterocycles. The number of hydrogen-bond donors (Lipinski definition) is 0. The topological polar surface area (TPSA) is 56.7 Å². The van der Waals surface area contributed by atoms with Crippen LogP contribution < -0.4 is 0 Å². The number of nitrogens with zero attached hydrogens (tertiary/aromatic N) is 4. The summed E-state index contributed by atoms with van der Waals surface area (Å²) < 4.78 is 8.72. The summed E-state index contributed by atoms with van der Waals surface area (Å²) in [5, 5.41) is 4.96. The zero-order chi connectivity index (χ0) is 29.9. The van der Waals surface area contributed by atoms with Crippen LogP contribution in [0, 0.1) is 0 Å². The van der Waals surface area contributed by atoms with Crippen molar-refractivity contribution >= 4 is 55.3 Å². The summed E-state index contributed by atoms with van der Waals surface area (Å²) in [5.41, 5.74) is 7.37. The molecule has 0 radical (unpaired) electrons. The van der Waals surface area contributed by atoms with Gasteiger partial charge in [0.05, 0.1) is 16.4 Å². The van der Waals surface area contributed by atoms with E-state index in [0.29, 0.717) is 22.5 Å². The van der Waals surface area contributed by atoms with Gasteiger partial charge in [0.25, 0.3) is 0 Å². The van der Waals surface area contributed by atoms with Gasteiger partial charge >= 0.3 is 0 Å². The molecule has 0 aliphatic rings. The van der Waals surface area contributed by atoms with Crippen molar-refractivity contribution in [2.24, 2.45) is 0 Å². The van der Waals surface area contributed by atoms with Crippen molar-refractivity contribution in [3.8, 4) is 39.9 Å². The maximum Gasteiger partial charge on any atom is 0.164 e. The van der Waals surface area contributed by atoms with Crippen LogP contribution in [0.5, 0.6) is 0 Å². The third kappa shape index (κ3) is 4.20. The lowest BCUT2D eigenvalue weighted by atomic mass is 10.1. The van der Waals surface area contributed by atoms with E-state index in [1.807, 2.05) is 91.0 Å². The SMILES string of the molecule is Clc1cc(-c2nc(-c3ccccc3)nc(-c3ccccc3)n2)cc(-n2c3ccccc3c3c4oc5ccccc5c4ccc32)c1. The Morgan fingerprint density at radius 1 is 0.489 bits per heavy atom. The van der Waals surface area contributed by atoms with Gasteiger partial charge in [-0.3, -0.25) is 0 Å². The van der Waals surface area contributed by atoms with Crippen LogP contribution in [-0.2, 0) is 0 Å². The molecule has 9 aromatic rings. The first-order valence-corrected chi connectivity index (χ1v) is 15.1. The molecule has 0 aliphatic carbocycles. The number of hydrogen-bond acceptors (Lipinski definition) is 4. The van der Waals surface area contributed by atoms with Crippen molar-refractivity contribution in [3.05, 3.63) is 145 Å². The second-order valence-corrected chi connectivity index (χ2v) is 11.5. The molecule has 45 heavy (non-hydrogen) atoms. The van der Waals surface area contributed by atoms with Gasteiger partial charge in [-0.25, -0.2) is 15.0 Å². The maximum absolute atomic E-state index is 6.88. The largest absolute Gasteiger partial charge is 0.455 e. The quantitative estimate of drug-likeness (QED) is 0.202. The number of rotatable bonds is 4. The smallest absolute Gasteiger partial charge is 0.164 e. The lowest BCUT2D eigenvalue weighted by Gasteiger charge is -2.12. The normalized spacial score (nSPS) is 11.7. The average molecular weight is 599 g/mol. The molecular weight excluding hydrogens is 576 g/mol. The first kappa shape index (κ1) is 25.7. The number of halogens is 1. The van der Waals surface area contributed by atoms with Crippen LogP contribution in [0.1, 0.15) is 0 Å². The number of furan rings is 1. The molecule has 6 aromatic carbocycles. The fraction of sp³-hybridized carbons (Fsp3) is 0. The summed E-state index contributed by atoms with van der Waals surface area (Å²) in [6.07, 6.45) is 0. The molecule has 0 aliphatic heterocycles. The van der Waals surface area contributed by atoms with Crippen LogP contribution in [0.15, 0.2) is 144 Å². The zero-order valence-electron chi connectivity index (χ0n) is 23.9. The van der Waals surface area contributed by atoms with Crippen LogP contribution in [0.2, 0.25) is 5.02 Å². The van der Waals surface area contributed by atoms with E-state index in [0.717, 1.165) is 66.1 Å². The Morgan fingerprint density at radius 3 is 1.80 bits per heavy atom. The minimum Gasteiger partial charge on any atom is -0.455 e. The molecule has 3 aromatic heterocycles. The monoisotopic (exact) mass is 598 g/mol. The molecule has 0 spiro atoms. The molecule has 0 unspecified atom stereocenters. The molecule has 5 nitrogen and oxygen atoms in total. The minimum absolute atomic E-state index is 0.548. The predicted molar refractivity (Wildman–Crippen MR) is 183 cm³/mol. The van der Waals surface area contributed by atoms with Crippen LogP contribution in [-0.4, -0.2) is 19.5 Å². The predicted octanol–water partition coefficient (Wildman–Crippen LogP) is 10.5. The highest BCUT2D eigenvalue weighted by Crippen LogP contribution is 2.41. The van der Waals surface area contributed by atoms with Gasteiger partial charge in [-0.05, 0) is 42.5 Å². The van der Waals surface area contributed by atoms with Crippen molar-refractivity contribution in [1.29, 1.82) is 0 Å². The van der Waals surface area contributed by atoms with Crippen molar-refractivity contribution < 1.29 is 4.42 Å². The molecule has 6 heteroatoms. The third-order valence-corrected chi connectivity index (χ3v) is 8.50. The van der Waals surface area contributed by atoms with Crippen LogP contribution in [0.4, 0.5) is 0 Å². The van der Waals surface area contributed by atoms with Crippen molar-refractivity contribution in [2.75, 3.05) is 0 Å². The van der Waals surface area contributed by atoms with Crippen LogP contribution in [0.25, 0.3) is 83.6 Å². The van der Waals surface area contributed by atoms with Gasteiger partial charge in [-0.15, -0.1) is 0 Å². The van der Waals surface area contributed by atoms with E-state index in [1.54, 1.807) is 0 Å². The Morgan fingerprint density at radius 2 is 1.09 bits per heavy atom. The van der Waals surface area contributed by atoms with Crippen molar-refractivity contribution in [1.82, 2.24) is 19.5 Å². The molecule has 0 N–H and O–H groups in total. The molecule has 0 amide bonds. The van der Waals surface area contributed by atoms with Crippen LogP contribution >= 0.6 is 11.6 Å². The molecule has 0 saturated carbocycles. The number of aromatic nitrogens is 4. The van der Waals surface area contributed by atoms with E-state index in [9.17, 15) is 0 Å². The first-order valence-electron chi connectivity index (χ1n) is 14.7. The van der Waals surface area contributed by atoms with Crippen molar-refractivity contribution in [3.63, 3.8) is 0 Å². The first-order chi connectivity index (χ1) is 22.2. The highest BCUT2D eigenvalue weighted by molar-refractivity contribution is 6.31. The zero-order valence-corrected chi connectivity index (χ0v) is 24.6. The molecule has 3 heterocycles. The van der Waals surface area contributed by atoms with E-state index >= 15 is 0 Å². The van der Waals surface area contributed by atoms with E-state index in [-0.39, 0.29) is 0 Å². The van der Waals surface area contributed by atoms with Crippen molar-refractivity contribution in [2.45, 2.75) is 0 Å². The van der Waals surface area contributed by atoms with Gasteiger partial charge in [0.1, 0.15) is 11.2 Å². The molecule has 0 fully saturated rings. The fourth-order valence-corrected chi connectivity index (χ4v) is 6.51. The van der Waals surface area contributed by atoms with Gasteiger partial charge in [0.2, 0.25) is 0 Å². The Balaban J connectivity index is 1.29. The second-order valence-electron chi connectivity index (χ2n) is 11.0. The minimum atomic E-state index is 0.548. The number of para-hydroxylation sites is 2. The second kappa shape index (κ2) is 10.2. The third-order valence-electron chi connectivity index (χ3n) is 8.28. The molecule has 0 bridgehead atoms. The molecule has 9 rings (SSSR count). The summed E-state index contributed by atoms with van der Waals surface area (Å²) in [5.74, 6) is 1.75. The lowest BCUT2D eigenvalue weighted by molar-refractivity contribution is 0.673. The van der Waals surface area contributed by atoms with Gasteiger partial charge < -0.3 is 8.98 Å². The number of benzene rings is 6. The Hall–Kier alpha value is -5.78. The van der Waals surface area contributed by atoms with Gasteiger partial charge in [0.15, 0.2) is 17.5 Å². The van der Waals surface area contributed by atoms with E-state index in [4.69, 9.17) is 31.0 Å². The maximum atomic E-state index is 6.88. The Bertz CT molecular complexity index is 2500. The highest BCUT2D eigenvalue weighted by atomic mass is 35.5. The molecular formula is C39H23ClN4O. The molecule has 212 valence electrons.